The maximum atomic E-state index is 12.1. The first-order valence-electron chi connectivity index (χ1n) is 5.96. The minimum absolute atomic E-state index is 0.0390. The average molecular weight is 302 g/mol. The largest absolute Gasteiger partial charge is 0.433 e. The molecule has 0 aliphatic carbocycles. The zero-order valence-electron chi connectivity index (χ0n) is 11.0. The van der Waals surface area contributed by atoms with Crippen molar-refractivity contribution in [1.29, 1.82) is 0 Å². The number of aromatic amines is 1. The second-order valence-electron chi connectivity index (χ2n) is 4.29. The van der Waals surface area contributed by atoms with E-state index < -0.39 is 6.61 Å². The molecule has 2 aromatic rings. The highest BCUT2D eigenvalue weighted by Crippen LogP contribution is 2.29. The van der Waals surface area contributed by atoms with E-state index in [1.807, 2.05) is 13.8 Å². The molecule has 108 valence electrons. The van der Waals surface area contributed by atoms with Crippen LogP contribution in [-0.4, -0.2) is 16.8 Å². The molecule has 0 radical (unpaired) electrons. The first-order chi connectivity index (χ1) is 9.47. The third-order valence-corrected chi connectivity index (χ3v) is 3.19. The summed E-state index contributed by atoms with van der Waals surface area (Å²) in [6.07, 6.45) is 0. The molecule has 20 heavy (non-hydrogen) atoms. The van der Waals surface area contributed by atoms with Gasteiger partial charge in [-0.25, -0.2) is 0 Å². The maximum absolute atomic E-state index is 12.1. The molecule has 0 saturated heterocycles. The van der Waals surface area contributed by atoms with E-state index in [2.05, 4.69) is 20.3 Å². The molecule has 1 aromatic carbocycles. The number of nitrogens with one attached hydrogen (secondary N) is 2. The predicted octanol–water partition coefficient (Wildman–Crippen LogP) is 3.89. The summed E-state index contributed by atoms with van der Waals surface area (Å²) in [5, 5.41) is 10.3. The van der Waals surface area contributed by atoms with Gasteiger partial charge in [0.15, 0.2) is 0 Å². The summed E-state index contributed by atoms with van der Waals surface area (Å²) < 4.78 is 28.5. The molecule has 1 heterocycles. The monoisotopic (exact) mass is 301 g/mol. The van der Waals surface area contributed by atoms with Crippen molar-refractivity contribution in [2.75, 3.05) is 5.32 Å². The van der Waals surface area contributed by atoms with Gasteiger partial charge in [-0.15, -0.1) is 0 Å². The van der Waals surface area contributed by atoms with Crippen LogP contribution in [0.15, 0.2) is 18.2 Å². The number of nitrogens with zero attached hydrogens (tertiary/aromatic N) is 1. The van der Waals surface area contributed by atoms with Gasteiger partial charge in [-0.05, 0) is 32.0 Å². The van der Waals surface area contributed by atoms with Crippen LogP contribution < -0.4 is 10.1 Å². The second-order valence-corrected chi connectivity index (χ2v) is 4.70. The lowest BCUT2D eigenvalue weighted by atomic mass is 10.2. The molecule has 0 unspecified atom stereocenters. The fraction of sp³-hybridized carbons (Fsp3) is 0.308. The number of aromatic nitrogens is 2. The summed E-state index contributed by atoms with van der Waals surface area (Å²) in [6.45, 7) is 1.53. The number of rotatable bonds is 5. The number of aryl methyl sites for hydroxylation is 2. The number of hydrogen-bond donors (Lipinski definition) is 2. The molecule has 2 N–H and O–H groups in total. The summed E-state index contributed by atoms with van der Waals surface area (Å²) >= 11 is 5.88. The fourth-order valence-corrected chi connectivity index (χ4v) is 2.05. The normalized spacial score (nSPS) is 10.9. The third-order valence-electron chi connectivity index (χ3n) is 2.90. The molecule has 0 amide bonds. The standard InChI is InChI=1S/C13H14ClF2N3O/c1-7-10(8(2)19-18-7)6-17-9-3-4-12(11(14)5-9)20-13(15)16/h3-5,13,17H,6H2,1-2H3,(H,18,19). The zero-order valence-corrected chi connectivity index (χ0v) is 11.8. The van der Waals surface area contributed by atoms with Crippen LogP contribution in [0.25, 0.3) is 0 Å². The lowest BCUT2D eigenvalue weighted by Gasteiger charge is -2.10. The van der Waals surface area contributed by atoms with Crippen LogP contribution in [0, 0.1) is 13.8 Å². The lowest BCUT2D eigenvalue weighted by molar-refractivity contribution is -0.0497. The van der Waals surface area contributed by atoms with Crippen LogP contribution >= 0.6 is 11.6 Å². The second kappa shape index (κ2) is 6.09. The van der Waals surface area contributed by atoms with Crippen LogP contribution in [0.1, 0.15) is 17.0 Å². The van der Waals surface area contributed by atoms with Crippen LogP contribution in [0.4, 0.5) is 14.5 Å². The fourth-order valence-electron chi connectivity index (χ4n) is 1.83. The Labute approximate surface area is 120 Å². The molecule has 0 aliphatic rings. The number of ether oxygens (including phenoxy) is 1. The SMILES string of the molecule is Cc1n[nH]c(C)c1CNc1ccc(OC(F)F)c(Cl)c1. The quantitative estimate of drug-likeness (QED) is 0.881. The van der Waals surface area contributed by atoms with Crippen molar-refractivity contribution < 1.29 is 13.5 Å². The summed E-state index contributed by atoms with van der Waals surface area (Å²) in [6, 6.07) is 4.59. The molecule has 0 bridgehead atoms. The van der Waals surface area contributed by atoms with Crippen molar-refractivity contribution in [2.24, 2.45) is 0 Å². The molecule has 0 atom stereocenters. The average Bonchev–Trinajstić information content (AvgIpc) is 2.69. The number of benzene rings is 1. The third kappa shape index (κ3) is 3.39. The van der Waals surface area contributed by atoms with E-state index in [-0.39, 0.29) is 10.8 Å². The first-order valence-corrected chi connectivity index (χ1v) is 6.34. The molecule has 2 rings (SSSR count). The van der Waals surface area contributed by atoms with Gasteiger partial charge in [0.1, 0.15) is 5.75 Å². The Morgan fingerprint density at radius 1 is 1.40 bits per heavy atom. The Balaban J connectivity index is 2.06. The van der Waals surface area contributed by atoms with Crippen molar-refractivity contribution >= 4 is 17.3 Å². The summed E-state index contributed by atoms with van der Waals surface area (Å²) in [5.74, 6) is -0.0390. The van der Waals surface area contributed by atoms with Crippen molar-refractivity contribution in [2.45, 2.75) is 27.0 Å². The van der Waals surface area contributed by atoms with Gasteiger partial charge >= 0.3 is 6.61 Å². The molecule has 0 aliphatic heterocycles. The number of anilines is 1. The Hall–Kier alpha value is -1.82. The number of alkyl halides is 2. The maximum Gasteiger partial charge on any atom is 0.387 e. The number of halogens is 3. The van der Waals surface area contributed by atoms with E-state index >= 15 is 0 Å². The van der Waals surface area contributed by atoms with Crippen molar-refractivity contribution in [3.63, 3.8) is 0 Å². The number of hydrogen-bond acceptors (Lipinski definition) is 3. The van der Waals surface area contributed by atoms with Gasteiger partial charge in [0.05, 0.1) is 10.7 Å². The Morgan fingerprint density at radius 2 is 2.15 bits per heavy atom. The van der Waals surface area contributed by atoms with Crippen LogP contribution in [0.2, 0.25) is 5.02 Å². The predicted molar refractivity (Wildman–Crippen MR) is 73.5 cm³/mol. The topological polar surface area (TPSA) is 49.9 Å². The van der Waals surface area contributed by atoms with Crippen LogP contribution in [0.3, 0.4) is 0 Å². The smallest absolute Gasteiger partial charge is 0.387 e. The molecule has 0 saturated carbocycles. The Bertz CT molecular complexity index is 582. The van der Waals surface area contributed by atoms with Gasteiger partial charge < -0.3 is 10.1 Å². The van der Waals surface area contributed by atoms with E-state index in [1.54, 1.807) is 12.1 Å². The van der Waals surface area contributed by atoms with E-state index in [4.69, 9.17) is 11.6 Å². The Morgan fingerprint density at radius 3 is 2.70 bits per heavy atom. The molecule has 7 heteroatoms. The molecule has 0 fully saturated rings. The lowest BCUT2D eigenvalue weighted by Crippen LogP contribution is -2.04. The molecule has 1 aromatic heterocycles. The highest BCUT2D eigenvalue weighted by molar-refractivity contribution is 6.32. The summed E-state index contributed by atoms with van der Waals surface area (Å²) in [5.41, 5.74) is 3.68. The van der Waals surface area contributed by atoms with E-state index in [9.17, 15) is 8.78 Å². The van der Waals surface area contributed by atoms with Gasteiger partial charge in [0.2, 0.25) is 0 Å². The minimum Gasteiger partial charge on any atom is -0.433 e. The Kier molecular flexibility index (Phi) is 4.44. The highest BCUT2D eigenvalue weighted by atomic mass is 35.5. The van der Waals surface area contributed by atoms with E-state index in [0.717, 1.165) is 22.6 Å². The zero-order chi connectivity index (χ0) is 14.7. The van der Waals surface area contributed by atoms with Crippen molar-refractivity contribution in [3.05, 3.63) is 40.2 Å². The molecular weight excluding hydrogens is 288 g/mol. The first kappa shape index (κ1) is 14.6. The van der Waals surface area contributed by atoms with Gasteiger partial charge in [0.25, 0.3) is 0 Å². The highest BCUT2D eigenvalue weighted by Gasteiger charge is 2.10. The number of H-pyrrole nitrogens is 1. The van der Waals surface area contributed by atoms with Crippen LogP contribution in [0.5, 0.6) is 5.75 Å². The van der Waals surface area contributed by atoms with Crippen molar-refractivity contribution in [3.8, 4) is 5.75 Å². The summed E-state index contributed by atoms with van der Waals surface area (Å²) in [4.78, 5) is 0. The molecular formula is C13H14ClF2N3O. The van der Waals surface area contributed by atoms with Gasteiger partial charge in [-0.3, -0.25) is 5.10 Å². The van der Waals surface area contributed by atoms with Crippen LogP contribution in [-0.2, 0) is 6.54 Å². The van der Waals surface area contributed by atoms with Gasteiger partial charge in [-0.1, -0.05) is 11.6 Å². The van der Waals surface area contributed by atoms with Gasteiger partial charge in [-0.2, -0.15) is 13.9 Å². The van der Waals surface area contributed by atoms with E-state index in [1.165, 1.54) is 6.07 Å². The minimum atomic E-state index is -2.89. The molecule has 4 nitrogen and oxygen atoms in total. The van der Waals surface area contributed by atoms with Gasteiger partial charge in [0, 0.05) is 23.5 Å². The van der Waals surface area contributed by atoms with E-state index in [0.29, 0.717) is 6.54 Å². The van der Waals surface area contributed by atoms with Crippen molar-refractivity contribution in [1.82, 2.24) is 10.2 Å². The summed E-state index contributed by atoms with van der Waals surface area (Å²) in [7, 11) is 0. The molecule has 0 spiro atoms.